The summed E-state index contributed by atoms with van der Waals surface area (Å²) >= 11 is 5.46. The second-order valence-electron chi connectivity index (χ2n) is 5.71. The molecule has 3 N–H and O–H groups in total. The number of para-hydroxylation sites is 2. The minimum atomic E-state index is -0.741. The van der Waals surface area contributed by atoms with Crippen LogP contribution in [0.25, 0.3) is 0 Å². The van der Waals surface area contributed by atoms with Crippen molar-refractivity contribution in [2.24, 2.45) is 5.73 Å². The van der Waals surface area contributed by atoms with Gasteiger partial charge in [-0.2, -0.15) is 0 Å². The van der Waals surface area contributed by atoms with Crippen molar-refractivity contribution in [3.63, 3.8) is 0 Å². The number of unbranched alkanes of at least 4 members (excludes halogenated alkanes) is 2. The number of nitrogens with two attached hydrogens (primary N) is 1. The molecule has 0 aliphatic carbocycles. The number of anilines is 1. The van der Waals surface area contributed by atoms with Gasteiger partial charge in [0.2, 0.25) is 0 Å². The van der Waals surface area contributed by atoms with Gasteiger partial charge in [0.25, 0.3) is 5.91 Å². The highest BCUT2D eigenvalue weighted by Gasteiger charge is 2.30. The molecule has 0 spiro atoms. The lowest BCUT2D eigenvalue weighted by atomic mass is 10.2. The molecule has 0 radical (unpaired) electrons. The number of ether oxygens (including phenoxy) is 2. The minimum Gasteiger partial charge on any atom is -0.477 e. The summed E-state index contributed by atoms with van der Waals surface area (Å²) in [6, 6.07) is 7.39. The summed E-state index contributed by atoms with van der Waals surface area (Å²) in [5.74, 6) is -0.129. The molecule has 2 rings (SSSR count). The van der Waals surface area contributed by atoms with Crippen molar-refractivity contribution in [2.45, 2.75) is 31.8 Å². The molecule has 1 atom stereocenters. The first kappa shape index (κ1) is 19.0. The SMILES string of the molecule is COC(=O)CCCCCNC(=S)N1C[C@@H](C(N)=O)Oc2ccccc21. The number of primary amides is 1. The van der Waals surface area contributed by atoms with E-state index in [2.05, 4.69) is 10.1 Å². The van der Waals surface area contributed by atoms with Crippen LogP contribution in [-0.4, -0.2) is 43.3 Å². The summed E-state index contributed by atoms with van der Waals surface area (Å²) in [5, 5.41) is 3.71. The second kappa shape index (κ2) is 9.22. The number of carbonyl (C=O) groups is 2. The number of methoxy groups -OCH3 is 1. The zero-order valence-electron chi connectivity index (χ0n) is 14.2. The second-order valence-corrected chi connectivity index (χ2v) is 6.09. The van der Waals surface area contributed by atoms with Crippen molar-refractivity contribution >= 4 is 34.9 Å². The van der Waals surface area contributed by atoms with Crippen LogP contribution in [0.1, 0.15) is 25.7 Å². The number of carbonyl (C=O) groups excluding carboxylic acids is 2. The monoisotopic (exact) mass is 365 g/mol. The molecular formula is C17H23N3O4S. The maximum Gasteiger partial charge on any atom is 0.305 e. The van der Waals surface area contributed by atoms with Crippen molar-refractivity contribution in [3.8, 4) is 5.75 Å². The minimum absolute atomic E-state index is 0.189. The quantitative estimate of drug-likeness (QED) is 0.428. The first-order chi connectivity index (χ1) is 12.0. The molecule has 1 aromatic rings. The lowest BCUT2D eigenvalue weighted by Crippen LogP contribution is -2.52. The first-order valence-electron chi connectivity index (χ1n) is 8.20. The highest BCUT2D eigenvalue weighted by atomic mass is 32.1. The van der Waals surface area contributed by atoms with Gasteiger partial charge >= 0.3 is 5.97 Å². The standard InChI is InChI=1S/C17H23N3O4S/c1-23-15(21)9-3-2-6-10-19-17(25)20-11-14(16(18)22)24-13-8-5-4-7-12(13)20/h4-5,7-8,14H,2-3,6,9-11H2,1H3,(H2,18,22)(H,19,25)/t14-/m0/s1. The van der Waals surface area contributed by atoms with E-state index in [9.17, 15) is 9.59 Å². The van der Waals surface area contributed by atoms with Crippen LogP contribution in [0.2, 0.25) is 0 Å². The Balaban J connectivity index is 1.86. The van der Waals surface area contributed by atoms with E-state index in [1.54, 1.807) is 6.07 Å². The van der Waals surface area contributed by atoms with Crippen molar-refractivity contribution in [1.82, 2.24) is 5.32 Å². The molecule has 0 bridgehead atoms. The maximum atomic E-state index is 11.5. The Hall–Kier alpha value is -2.35. The number of thiocarbonyl (C=S) groups is 1. The molecule has 7 nitrogen and oxygen atoms in total. The van der Waals surface area contributed by atoms with Gasteiger partial charge < -0.3 is 25.4 Å². The number of esters is 1. The van der Waals surface area contributed by atoms with E-state index in [1.165, 1.54) is 7.11 Å². The summed E-state index contributed by atoms with van der Waals surface area (Å²) in [7, 11) is 1.39. The van der Waals surface area contributed by atoms with E-state index < -0.39 is 12.0 Å². The number of amides is 1. The molecule has 0 aromatic heterocycles. The Bertz CT molecular complexity index is 638. The van der Waals surface area contributed by atoms with Gasteiger partial charge in [-0.05, 0) is 37.2 Å². The molecule has 0 saturated heterocycles. The predicted octanol–water partition coefficient (Wildman–Crippen LogP) is 1.35. The van der Waals surface area contributed by atoms with Gasteiger partial charge in [-0.15, -0.1) is 0 Å². The van der Waals surface area contributed by atoms with Gasteiger partial charge in [0.1, 0.15) is 5.75 Å². The van der Waals surface area contributed by atoms with Gasteiger partial charge in [0, 0.05) is 13.0 Å². The Morgan fingerprint density at radius 3 is 2.84 bits per heavy atom. The third-order valence-corrected chi connectivity index (χ3v) is 4.26. The average Bonchev–Trinajstić information content (AvgIpc) is 2.62. The molecule has 1 aliphatic rings. The normalized spacial score (nSPS) is 15.7. The molecule has 1 aromatic carbocycles. The van der Waals surface area contributed by atoms with Crippen LogP contribution < -0.4 is 20.7 Å². The van der Waals surface area contributed by atoms with E-state index in [4.69, 9.17) is 22.7 Å². The number of benzene rings is 1. The lowest BCUT2D eigenvalue weighted by molar-refractivity contribution is -0.140. The lowest BCUT2D eigenvalue weighted by Gasteiger charge is -2.35. The summed E-state index contributed by atoms with van der Waals surface area (Å²) in [4.78, 5) is 24.4. The van der Waals surface area contributed by atoms with Gasteiger partial charge in [-0.1, -0.05) is 18.6 Å². The zero-order valence-corrected chi connectivity index (χ0v) is 15.0. The number of rotatable bonds is 7. The third-order valence-electron chi connectivity index (χ3n) is 3.90. The summed E-state index contributed by atoms with van der Waals surface area (Å²) in [5.41, 5.74) is 6.19. The van der Waals surface area contributed by atoms with Crippen molar-refractivity contribution < 1.29 is 19.1 Å². The number of hydrogen-bond acceptors (Lipinski definition) is 5. The van der Waals surface area contributed by atoms with Crippen LogP contribution in [0.5, 0.6) is 5.75 Å². The van der Waals surface area contributed by atoms with E-state index in [0.29, 0.717) is 23.8 Å². The Morgan fingerprint density at radius 2 is 2.12 bits per heavy atom. The maximum absolute atomic E-state index is 11.5. The Kier molecular flexibility index (Phi) is 7.00. The van der Waals surface area contributed by atoms with Crippen LogP contribution in [0.3, 0.4) is 0 Å². The highest BCUT2D eigenvalue weighted by molar-refractivity contribution is 7.80. The average molecular weight is 365 g/mol. The summed E-state index contributed by atoms with van der Waals surface area (Å²) in [6.45, 7) is 0.960. The molecule has 0 saturated carbocycles. The van der Waals surface area contributed by atoms with Gasteiger partial charge in [0.15, 0.2) is 11.2 Å². The van der Waals surface area contributed by atoms with Crippen molar-refractivity contribution in [1.29, 1.82) is 0 Å². The first-order valence-corrected chi connectivity index (χ1v) is 8.61. The number of nitrogens with zero attached hydrogens (tertiary/aromatic N) is 1. The van der Waals surface area contributed by atoms with Crippen LogP contribution in [0.15, 0.2) is 24.3 Å². The van der Waals surface area contributed by atoms with Gasteiger partial charge in [-0.25, -0.2) is 0 Å². The van der Waals surface area contributed by atoms with E-state index in [1.807, 2.05) is 23.1 Å². The topological polar surface area (TPSA) is 93.9 Å². The van der Waals surface area contributed by atoms with Crippen LogP contribution in [0.4, 0.5) is 5.69 Å². The fourth-order valence-electron chi connectivity index (χ4n) is 2.54. The van der Waals surface area contributed by atoms with Crippen LogP contribution in [0, 0.1) is 0 Å². The van der Waals surface area contributed by atoms with Gasteiger partial charge in [-0.3, -0.25) is 9.59 Å². The molecule has 25 heavy (non-hydrogen) atoms. The fraction of sp³-hybridized carbons (Fsp3) is 0.471. The Labute approximate surface area is 152 Å². The van der Waals surface area contributed by atoms with Crippen LogP contribution in [-0.2, 0) is 14.3 Å². The van der Waals surface area contributed by atoms with Gasteiger partial charge in [0.05, 0.1) is 19.3 Å². The van der Waals surface area contributed by atoms with Crippen molar-refractivity contribution in [3.05, 3.63) is 24.3 Å². The smallest absolute Gasteiger partial charge is 0.305 e. The highest BCUT2D eigenvalue weighted by Crippen LogP contribution is 2.33. The van der Waals surface area contributed by atoms with Crippen LogP contribution >= 0.6 is 12.2 Å². The number of hydrogen-bond donors (Lipinski definition) is 2. The Morgan fingerprint density at radius 1 is 1.36 bits per heavy atom. The largest absolute Gasteiger partial charge is 0.477 e. The van der Waals surface area contributed by atoms with Crippen molar-refractivity contribution in [2.75, 3.05) is 25.1 Å². The fourth-order valence-corrected chi connectivity index (χ4v) is 2.81. The van der Waals surface area contributed by atoms with E-state index in [-0.39, 0.29) is 12.5 Å². The molecule has 0 fully saturated rings. The molecule has 1 aliphatic heterocycles. The molecule has 0 unspecified atom stereocenters. The predicted molar refractivity (Wildman–Crippen MR) is 98.5 cm³/mol. The molecule has 1 heterocycles. The number of nitrogens with one attached hydrogen (secondary N) is 1. The summed E-state index contributed by atoms with van der Waals surface area (Å²) in [6.07, 6.45) is 2.25. The zero-order chi connectivity index (χ0) is 18.2. The van der Waals surface area contributed by atoms with E-state index >= 15 is 0 Å². The summed E-state index contributed by atoms with van der Waals surface area (Å²) < 4.78 is 10.2. The molecule has 136 valence electrons. The molecular weight excluding hydrogens is 342 g/mol. The van der Waals surface area contributed by atoms with E-state index in [0.717, 1.165) is 24.9 Å². The molecule has 1 amide bonds. The third kappa shape index (κ3) is 5.32. The number of fused-ring (bicyclic) bond motifs is 1. The molecule has 8 heteroatoms.